The zero-order chi connectivity index (χ0) is 15.2. The lowest BCUT2D eigenvalue weighted by Crippen LogP contribution is -2.25. The van der Waals surface area contributed by atoms with Gasteiger partial charge in [-0.05, 0) is 33.1 Å². The molecule has 0 aliphatic heterocycles. The molecule has 0 radical (unpaired) electrons. The first-order chi connectivity index (χ1) is 10.2. The lowest BCUT2D eigenvalue weighted by Gasteiger charge is -2.22. The number of rotatable bonds is 9. The zero-order valence-electron chi connectivity index (χ0n) is 13.8. The van der Waals surface area contributed by atoms with Crippen LogP contribution in [0.4, 0.5) is 11.6 Å². The van der Waals surface area contributed by atoms with E-state index in [0.717, 1.165) is 55.7 Å². The van der Waals surface area contributed by atoms with Crippen molar-refractivity contribution in [2.75, 3.05) is 43.6 Å². The van der Waals surface area contributed by atoms with Crippen LogP contribution in [-0.2, 0) is 4.74 Å². The molecule has 21 heavy (non-hydrogen) atoms. The van der Waals surface area contributed by atoms with Crippen LogP contribution in [0.1, 0.15) is 50.4 Å². The van der Waals surface area contributed by atoms with Gasteiger partial charge in [-0.25, -0.2) is 9.97 Å². The molecule has 0 unspecified atom stereocenters. The summed E-state index contributed by atoms with van der Waals surface area (Å²) in [6.45, 7) is 9.57. The maximum Gasteiger partial charge on any atom is 0.137 e. The van der Waals surface area contributed by atoms with E-state index in [2.05, 4.69) is 31.1 Å². The Bertz CT molecular complexity index is 460. The number of likely N-dealkylation sites (N-methyl/N-ethyl adjacent to an activating group) is 1. The monoisotopic (exact) mass is 292 g/mol. The van der Waals surface area contributed by atoms with Crippen molar-refractivity contribution in [1.29, 1.82) is 0 Å². The van der Waals surface area contributed by atoms with Crippen molar-refractivity contribution >= 4 is 11.6 Å². The molecule has 0 spiro atoms. The van der Waals surface area contributed by atoms with Crippen LogP contribution in [0.3, 0.4) is 0 Å². The summed E-state index contributed by atoms with van der Waals surface area (Å²) in [4.78, 5) is 11.7. The fraction of sp³-hybridized carbons (Fsp3) is 0.750. The van der Waals surface area contributed by atoms with Gasteiger partial charge >= 0.3 is 0 Å². The van der Waals surface area contributed by atoms with E-state index in [1.807, 2.05) is 6.92 Å². The smallest absolute Gasteiger partial charge is 0.137 e. The Balaban J connectivity index is 2.18. The van der Waals surface area contributed by atoms with Crippen LogP contribution in [0, 0.1) is 6.92 Å². The molecule has 1 aliphatic rings. The minimum Gasteiger partial charge on any atom is -0.380 e. The standard InChI is InChI=1S/C16H28N4O/c1-5-9-17-14-12(3)16(20(4)10-11-21-6-2)19-15(18-14)13-7-8-13/h13H,5-11H2,1-4H3,(H,17,18,19). The first-order valence-electron chi connectivity index (χ1n) is 8.08. The number of anilines is 2. The summed E-state index contributed by atoms with van der Waals surface area (Å²) in [6.07, 6.45) is 3.54. The highest BCUT2D eigenvalue weighted by molar-refractivity contribution is 5.58. The van der Waals surface area contributed by atoms with Gasteiger partial charge in [-0.2, -0.15) is 0 Å². The third kappa shape index (κ3) is 4.30. The molecule has 1 heterocycles. The van der Waals surface area contributed by atoms with Crippen molar-refractivity contribution in [1.82, 2.24) is 9.97 Å². The zero-order valence-corrected chi connectivity index (χ0v) is 13.8. The van der Waals surface area contributed by atoms with E-state index < -0.39 is 0 Å². The average molecular weight is 292 g/mol. The number of nitrogens with zero attached hydrogens (tertiary/aromatic N) is 3. The van der Waals surface area contributed by atoms with Gasteiger partial charge in [0.05, 0.1) is 6.61 Å². The molecule has 0 amide bonds. The van der Waals surface area contributed by atoms with Crippen LogP contribution in [0.2, 0.25) is 0 Å². The SMILES string of the molecule is CCCNc1nc(C2CC2)nc(N(C)CCOCC)c1C. The molecule has 0 aromatic carbocycles. The van der Waals surface area contributed by atoms with Crippen LogP contribution in [-0.4, -0.2) is 43.3 Å². The predicted molar refractivity (Wildman–Crippen MR) is 87.3 cm³/mol. The fourth-order valence-corrected chi connectivity index (χ4v) is 2.28. The molecule has 2 rings (SSSR count). The van der Waals surface area contributed by atoms with Gasteiger partial charge in [-0.15, -0.1) is 0 Å². The van der Waals surface area contributed by atoms with Crippen molar-refractivity contribution in [3.8, 4) is 0 Å². The molecule has 1 aromatic heterocycles. The normalized spacial score (nSPS) is 14.3. The highest BCUT2D eigenvalue weighted by Crippen LogP contribution is 2.39. The van der Waals surface area contributed by atoms with E-state index in [-0.39, 0.29) is 0 Å². The lowest BCUT2D eigenvalue weighted by atomic mass is 10.2. The van der Waals surface area contributed by atoms with Gasteiger partial charge in [-0.3, -0.25) is 0 Å². The molecule has 1 N–H and O–H groups in total. The van der Waals surface area contributed by atoms with Crippen molar-refractivity contribution in [3.63, 3.8) is 0 Å². The Morgan fingerprint density at radius 2 is 2.05 bits per heavy atom. The van der Waals surface area contributed by atoms with E-state index in [0.29, 0.717) is 5.92 Å². The van der Waals surface area contributed by atoms with Crippen molar-refractivity contribution in [3.05, 3.63) is 11.4 Å². The number of hydrogen-bond acceptors (Lipinski definition) is 5. The topological polar surface area (TPSA) is 50.3 Å². The maximum absolute atomic E-state index is 5.45. The second kappa shape index (κ2) is 7.59. The van der Waals surface area contributed by atoms with Gasteiger partial charge in [0.25, 0.3) is 0 Å². The highest BCUT2D eigenvalue weighted by Gasteiger charge is 2.28. The Morgan fingerprint density at radius 3 is 2.67 bits per heavy atom. The van der Waals surface area contributed by atoms with Gasteiger partial charge in [0, 0.05) is 38.2 Å². The molecule has 1 saturated carbocycles. The van der Waals surface area contributed by atoms with Crippen LogP contribution >= 0.6 is 0 Å². The third-order valence-electron chi connectivity index (χ3n) is 3.76. The molecule has 1 aromatic rings. The molecule has 5 heteroatoms. The van der Waals surface area contributed by atoms with Crippen LogP contribution in [0.5, 0.6) is 0 Å². The first kappa shape index (κ1) is 16.0. The highest BCUT2D eigenvalue weighted by atomic mass is 16.5. The van der Waals surface area contributed by atoms with Crippen LogP contribution in [0.15, 0.2) is 0 Å². The lowest BCUT2D eigenvalue weighted by molar-refractivity contribution is 0.154. The Hall–Kier alpha value is -1.36. The summed E-state index contributed by atoms with van der Waals surface area (Å²) in [5.74, 6) is 3.58. The van der Waals surface area contributed by atoms with Gasteiger partial charge < -0.3 is 15.0 Å². The van der Waals surface area contributed by atoms with Crippen LogP contribution in [0.25, 0.3) is 0 Å². The molecule has 118 valence electrons. The van der Waals surface area contributed by atoms with E-state index >= 15 is 0 Å². The molecule has 1 fully saturated rings. The third-order valence-corrected chi connectivity index (χ3v) is 3.76. The second-order valence-electron chi connectivity index (χ2n) is 5.70. The summed E-state index contributed by atoms with van der Waals surface area (Å²) in [5.41, 5.74) is 1.13. The van der Waals surface area contributed by atoms with Crippen LogP contribution < -0.4 is 10.2 Å². The summed E-state index contributed by atoms with van der Waals surface area (Å²) >= 11 is 0. The quantitative estimate of drug-likeness (QED) is 0.709. The second-order valence-corrected chi connectivity index (χ2v) is 5.70. The van der Waals surface area contributed by atoms with Crippen molar-refractivity contribution in [2.45, 2.75) is 46.0 Å². The van der Waals surface area contributed by atoms with E-state index in [4.69, 9.17) is 14.7 Å². The van der Waals surface area contributed by atoms with E-state index in [1.165, 1.54) is 12.8 Å². The van der Waals surface area contributed by atoms with E-state index in [9.17, 15) is 0 Å². The minimum absolute atomic E-state index is 0.562. The summed E-state index contributed by atoms with van der Waals surface area (Å²) < 4.78 is 5.45. The number of aromatic nitrogens is 2. The van der Waals surface area contributed by atoms with Crippen molar-refractivity contribution < 1.29 is 4.74 Å². The Morgan fingerprint density at radius 1 is 1.29 bits per heavy atom. The molecule has 0 bridgehead atoms. The molecular weight excluding hydrogens is 264 g/mol. The molecule has 1 aliphatic carbocycles. The van der Waals surface area contributed by atoms with Gasteiger partial charge in [0.2, 0.25) is 0 Å². The number of hydrogen-bond donors (Lipinski definition) is 1. The van der Waals surface area contributed by atoms with Gasteiger partial charge in [-0.1, -0.05) is 6.92 Å². The molecule has 0 atom stereocenters. The molecule has 5 nitrogen and oxygen atoms in total. The Labute approximate surface area is 128 Å². The summed E-state index contributed by atoms with van der Waals surface area (Å²) in [7, 11) is 2.08. The van der Waals surface area contributed by atoms with Gasteiger partial charge in [0.1, 0.15) is 17.5 Å². The first-order valence-corrected chi connectivity index (χ1v) is 8.08. The number of nitrogens with one attached hydrogen (secondary N) is 1. The minimum atomic E-state index is 0.562. The summed E-state index contributed by atoms with van der Waals surface area (Å²) in [5, 5.41) is 3.44. The van der Waals surface area contributed by atoms with E-state index in [1.54, 1.807) is 0 Å². The fourth-order valence-electron chi connectivity index (χ4n) is 2.28. The predicted octanol–water partition coefficient (Wildman–Crippen LogP) is 2.96. The van der Waals surface area contributed by atoms with Gasteiger partial charge in [0.15, 0.2) is 0 Å². The largest absolute Gasteiger partial charge is 0.380 e. The Kier molecular flexibility index (Phi) is 5.79. The average Bonchev–Trinajstić information content (AvgIpc) is 3.31. The number of ether oxygens (including phenoxy) is 1. The molecule has 0 saturated heterocycles. The maximum atomic E-state index is 5.45. The molecular formula is C16H28N4O. The van der Waals surface area contributed by atoms with Crippen molar-refractivity contribution in [2.24, 2.45) is 0 Å². The summed E-state index contributed by atoms with van der Waals surface area (Å²) in [6, 6.07) is 0.